The van der Waals surface area contributed by atoms with Crippen LogP contribution in [0.1, 0.15) is 162 Å². The summed E-state index contributed by atoms with van der Waals surface area (Å²) in [5.41, 5.74) is 4.77. The fourth-order valence-corrected chi connectivity index (χ4v) is 10.5. The molecule has 3 rings (SSSR count). The highest BCUT2D eigenvalue weighted by Gasteiger charge is 2.45. The number of phosphoric acid groups is 2. The second-order valence-electron chi connectivity index (χ2n) is 19.1. The quantitative estimate of drug-likeness (QED) is 0.0267. The van der Waals surface area contributed by atoms with Gasteiger partial charge in [-0.05, 0) is 44.1 Å². The normalized spacial score (nSPS) is 30.5. The van der Waals surface area contributed by atoms with Gasteiger partial charge in [0.15, 0.2) is 6.10 Å². The lowest BCUT2D eigenvalue weighted by Crippen LogP contribution is -2.52. The van der Waals surface area contributed by atoms with E-state index in [4.69, 9.17) is 29.0 Å². The molecular formula is C48H83N3O18P2. The van der Waals surface area contributed by atoms with Gasteiger partial charge in [0.1, 0.15) is 30.9 Å². The molecule has 0 aromatic carbocycles. The highest BCUT2D eigenvalue weighted by atomic mass is 31.3. The predicted molar refractivity (Wildman–Crippen MR) is 263 cm³/mol. The van der Waals surface area contributed by atoms with E-state index in [1.807, 2.05) is 6.92 Å². The highest BCUT2D eigenvalue weighted by Crippen LogP contribution is 2.60. The smallest absolute Gasteiger partial charge is 0.462 e. The molecule has 3 heterocycles. The minimum absolute atomic E-state index is 0.0818. The van der Waals surface area contributed by atoms with E-state index in [1.165, 1.54) is 62.9 Å². The average molecular weight is 1050 g/mol. The molecule has 1 aromatic rings. The van der Waals surface area contributed by atoms with Crippen LogP contribution in [0.15, 0.2) is 41.4 Å². The number of unbranched alkanes of at least 4 members (excludes halogenated alkanes) is 11. The molecule has 2 bridgehead atoms. The Kier molecular flexibility index (Phi) is 29.1. The first-order valence-corrected chi connectivity index (χ1v) is 28.5. The maximum absolute atomic E-state index is 13.3. The van der Waals surface area contributed by atoms with Crippen molar-refractivity contribution in [3.63, 3.8) is 0 Å². The Morgan fingerprint density at radius 1 is 0.887 bits per heavy atom. The lowest BCUT2D eigenvalue weighted by molar-refractivity contribution is -0.194. The molecule has 1 fully saturated rings. The van der Waals surface area contributed by atoms with Crippen LogP contribution in [0, 0.1) is 17.8 Å². The molecule has 1 saturated heterocycles. The van der Waals surface area contributed by atoms with E-state index in [2.05, 4.69) is 23.1 Å². The van der Waals surface area contributed by atoms with Crippen LogP contribution in [0.25, 0.3) is 0 Å². The van der Waals surface area contributed by atoms with Gasteiger partial charge in [-0.15, -0.1) is 0 Å². The molecule has 23 heteroatoms. The number of carbonyl (C=O) groups is 2. The third-order valence-electron chi connectivity index (χ3n) is 12.5. The van der Waals surface area contributed by atoms with E-state index in [0.29, 0.717) is 19.3 Å². The van der Waals surface area contributed by atoms with Crippen molar-refractivity contribution < 1.29 is 81.6 Å². The molecule has 408 valence electrons. The molecule has 0 spiro atoms. The molecule has 0 aliphatic carbocycles. The summed E-state index contributed by atoms with van der Waals surface area (Å²) in [5.74, 6) is -3.39. The van der Waals surface area contributed by atoms with Crippen LogP contribution >= 0.6 is 15.6 Å². The van der Waals surface area contributed by atoms with Crippen LogP contribution in [0.5, 0.6) is 0 Å². The zero-order chi connectivity index (χ0) is 52.4. The molecule has 0 saturated carbocycles. The highest BCUT2D eigenvalue weighted by molar-refractivity contribution is 7.61. The number of aromatic nitrogens is 2. The van der Waals surface area contributed by atoms with Crippen molar-refractivity contribution in [2.75, 3.05) is 25.6 Å². The molecule has 9 N–H and O–H groups in total. The van der Waals surface area contributed by atoms with E-state index < -0.39 is 120 Å². The van der Waals surface area contributed by atoms with E-state index in [9.17, 15) is 58.8 Å². The number of carbonyl (C=O) groups excluding carboxylic acids is 2. The fraction of sp³-hybridized carbons (Fsp3) is 0.792. The molecule has 0 radical (unpaired) electrons. The van der Waals surface area contributed by atoms with Crippen LogP contribution in [-0.4, -0.2) is 119 Å². The number of nitrogens with zero attached hydrogens (tertiary/aromatic N) is 2. The maximum atomic E-state index is 13.3. The molecule has 71 heavy (non-hydrogen) atoms. The zero-order valence-electron chi connectivity index (χ0n) is 41.8. The van der Waals surface area contributed by atoms with Gasteiger partial charge in [-0.2, -0.15) is 9.29 Å². The van der Waals surface area contributed by atoms with Gasteiger partial charge in [0.05, 0.1) is 37.6 Å². The second kappa shape index (κ2) is 33.1. The topological polar surface area (TPSA) is 326 Å². The first kappa shape index (κ1) is 62.4. The average Bonchev–Trinajstić information content (AvgIpc) is 3.29. The second-order valence-corrected chi connectivity index (χ2v) is 22.2. The number of aliphatic hydroxyl groups is 5. The number of rotatable bonds is 22. The molecule has 12 atom stereocenters. The van der Waals surface area contributed by atoms with E-state index in [0.717, 1.165) is 49.0 Å². The summed E-state index contributed by atoms with van der Waals surface area (Å²) < 4.78 is 58.9. The van der Waals surface area contributed by atoms with Crippen molar-refractivity contribution in [2.45, 2.75) is 205 Å². The minimum atomic E-state index is -5.70. The number of anilines is 1. The van der Waals surface area contributed by atoms with Gasteiger partial charge in [-0.25, -0.2) is 13.9 Å². The van der Waals surface area contributed by atoms with Gasteiger partial charge in [0.25, 0.3) is 0 Å². The Morgan fingerprint density at radius 2 is 1.52 bits per heavy atom. The van der Waals surface area contributed by atoms with Crippen molar-refractivity contribution in [1.82, 2.24) is 9.55 Å². The molecule has 0 amide bonds. The molecule has 1 aromatic heterocycles. The Balaban J connectivity index is 1.82. The number of esters is 2. The first-order chi connectivity index (χ1) is 33.7. The van der Waals surface area contributed by atoms with Crippen LogP contribution in [0.4, 0.5) is 5.82 Å². The molecule has 21 nitrogen and oxygen atoms in total. The Bertz CT molecular complexity index is 1920. The van der Waals surface area contributed by atoms with E-state index >= 15 is 0 Å². The molecule has 2 aliphatic rings. The lowest BCUT2D eigenvalue weighted by Gasteiger charge is -2.40. The summed E-state index contributed by atoms with van der Waals surface area (Å²) >= 11 is 0. The van der Waals surface area contributed by atoms with Gasteiger partial charge in [0.2, 0.25) is 0 Å². The molecular weight excluding hydrogens is 968 g/mol. The monoisotopic (exact) mass is 1050 g/mol. The SMILES string of the molecule is CCCCC[C@H](O)/C=C\[C@@H]1[C@H](O)[C@H](O)[C@H]2COP(=O)(O)OP(=O)(O)OC[C@@H](COC(=O)CCCCCCCCCCCCC(C)C)OC(=O)CCCC=CC[C@H]([C@H](n3ccc(N)nc3=O)O2)[C@@H](O)C[C@H]1O. The molecule has 2 aliphatic heterocycles. The number of nitrogens with two attached hydrogens (primary N) is 1. The van der Waals surface area contributed by atoms with E-state index in [-0.39, 0.29) is 37.9 Å². The Morgan fingerprint density at radius 3 is 2.17 bits per heavy atom. The zero-order valence-corrected chi connectivity index (χ0v) is 43.6. The van der Waals surface area contributed by atoms with Crippen LogP contribution in [-0.2, 0) is 46.3 Å². The largest absolute Gasteiger partial charge is 0.481 e. The summed E-state index contributed by atoms with van der Waals surface area (Å²) in [6, 6.07) is 1.24. The van der Waals surface area contributed by atoms with Gasteiger partial charge in [-0.1, -0.05) is 129 Å². The fourth-order valence-electron chi connectivity index (χ4n) is 8.42. The standard InChI is InChI=1S/C48H83N3O18P2/c1-4-5-16-22-35(52)26-27-37-39(53)30-40(54)38-23-18-14-15-20-25-44(56)67-36(31-64-43(55)24-19-13-11-9-7-6-8-10-12-17-21-34(2)3)32-65-70(60,61)69-71(62,63)66-33-41(46(58)45(37)57)68-47(38)51-29-28-42(49)50-48(51)59/h14,18,26-29,34-41,45-47,52-54,57-58H,4-13,15-17,19-25,30-33H2,1-3H3,(H,60,61)(H,62,63)(H2,49,50,59)/b18-14?,27-26-/t35-,36+,37-,38-,39+,40-,41+,45-,46+,47+/m0/s1. The number of fused-ring (bicyclic) bond motifs is 3. The third-order valence-corrected chi connectivity index (χ3v) is 15.1. The van der Waals surface area contributed by atoms with Crippen molar-refractivity contribution in [3.8, 4) is 0 Å². The first-order valence-electron chi connectivity index (χ1n) is 25.5. The summed E-state index contributed by atoms with van der Waals surface area (Å²) in [4.78, 5) is 64.0. The summed E-state index contributed by atoms with van der Waals surface area (Å²) in [6.45, 7) is 3.77. The molecule has 2 unspecified atom stereocenters. The lowest BCUT2D eigenvalue weighted by atomic mass is 9.82. The van der Waals surface area contributed by atoms with Gasteiger partial charge >= 0.3 is 33.3 Å². The van der Waals surface area contributed by atoms with E-state index in [1.54, 1.807) is 12.2 Å². The third kappa shape index (κ3) is 24.8. The number of aliphatic hydroxyl groups excluding tert-OH is 5. The van der Waals surface area contributed by atoms with Gasteiger partial charge in [-0.3, -0.25) is 23.2 Å². The summed E-state index contributed by atoms with van der Waals surface area (Å²) in [6.07, 6.45) is 8.49. The van der Waals surface area contributed by atoms with Crippen LogP contribution in [0.2, 0.25) is 0 Å². The Labute approximate surface area is 418 Å². The summed E-state index contributed by atoms with van der Waals surface area (Å²) in [7, 11) is -11.3. The maximum Gasteiger partial charge on any atom is 0.481 e. The number of hydrogen-bond acceptors (Lipinski definition) is 18. The minimum Gasteiger partial charge on any atom is -0.462 e. The van der Waals surface area contributed by atoms with Gasteiger partial charge < -0.3 is 55.3 Å². The summed E-state index contributed by atoms with van der Waals surface area (Å²) in [5, 5.41) is 57.4. The van der Waals surface area contributed by atoms with Crippen LogP contribution < -0.4 is 11.4 Å². The number of hydrogen-bond donors (Lipinski definition) is 8. The van der Waals surface area contributed by atoms with Gasteiger partial charge in [0, 0.05) is 37.3 Å². The van der Waals surface area contributed by atoms with Crippen molar-refractivity contribution in [1.29, 1.82) is 0 Å². The number of nitrogen functional groups attached to an aromatic ring is 1. The van der Waals surface area contributed by atoms with Crippen molar-refractivity contribution in [2.24, 2.45) is 17.8 Å². The number of allylic oxidation sites excluding steroid dienone is 2. The number of cyclic esters (lactones) is 1. The van der Waals surface area contributed by atoms with Crippen molar-refractivity contribution in [3.05, 3.63) is 47.1 Å². The predicted octanol–water partition coefficient (Wildman–Crippen LogP) is 6.46. The van der Waals surface area contributed by atoms with Crippen molar-refractivity contribution >= 4 is 33.4 Å². The number of phosphoric ester groups is 2. The number of ether oxygens (including phenoxy) is 3. The van der Waals surface area contributed by atoms with Crippen LogP contribution in [0.3, 0.4) is 0 Å². The Hall–Kier alpha value is -2.88.